The monoisotopic (exact) mass is 248 g/mol. The van der Waals surface area contributed by atoms with Crippen LogP contribution in [-0.4, -0.2) is 30.8 Å². The first-order valence-corrected chi connectivity index (χ1v) is 4.16. The lowest BCUT2D eigenvalue weighted by Gasteiger charge is -2.09. The highest BCUT2D eigenvalue weighted by Gasteiger charge is 1.97. The number of ether oxygens (including phenoxy) is 1. The highest BCUT2D eigenvalue weighted by Crippen LogP contribution is 1.82. The van der Waals surface area contributed by atoms with Crippen LogP contribution in [0, 0.1) is 0 Å². The summed E-state index contributed by atoms with van der Waals surface area (Å²) in [5.41, 5.74) is 5.23. The van der Waals surface area contributed by atoms with E-state index >= 15 is 0 Å². The summed E-state index contributed by atoms with van der Waals surface area (Å²) >= 11 is 4.90. The molecule has 0 aliphatic carbocycles. The molecule has 0 fully saturated rings. The van der Waals surface area contributed by atoms with E-state index in [0.29, 0.717) is 30.8 Å². The van der Waals surface area contributed by atoms with Crippen molar-refractivity contribution >= 4 is 42.1 Å². The van der Waals surface area contributed by atoms with Crippen LogP contribution in [0.3, 0.4) is 0 Å². The molecule has 0 bridgehead atoms. The van der Waals surface area contributed by atoms with Gasteiger partial charge in [0.2, 0.25) is 0 Å². The Labute approximate surface area is 97.6 Å². The normalized spacial score (nSPS) is 8.62. The van der Waals surface area contributed by atoms with Gasteiger partial charge in [-0.2, -0.15) is 0 Å². The minimum absolute atomic E-state index is 0. The Bertz CT molecular complexity index is 125. The lowest BCUT2D eigenvalue weighted by molar-refractivity contribution is 0.315. The van der Waals surface area contributed by atoms with Gasteiger partial charge in [0, 0.05) is 12.6 Å². The largest absolute Gasteiger partial charge is 0.484 e. The molecule has 0 aliphatic heterocycles. The van der Waals surface area contributed by atoms with Gasteiger partial charge in [0.15, 0.2) is 5.05 Å². The number of nitrogens with two attached hydrogens (primary N) is 1. The number of hydrogen-bond donors (Lipinski definition) is 2. The van der Waals surface area contributed by atoms with Crippen LogP contribution >= 0.6 is 37.0 Å². The van der Waals surface area contributed by atoms with Crippen molar-refractivity contribution in [3.05, 3.63) is 0 Å². The zero-order valence-electron chi connectivity index (χ0n) is 7.91. The molecule has 3 nitrogen and oxygen atoms in total. The van der Waals surface area contributed by atoms with E-state index in [9.17, 15) is 0 Å². The maximum absolute atomic E-state index is 5.23. The molecule has 0 heterocycles. The quantitative estimate of drug-likeness (QED) is 0.717. The molecule has 0 aliphatic rings. The third-order valence-corrected chi connectivity index (χ3v) is 1.30. The van der Waals surface area contributed by atoms with Crippen LogP contribution in [0.25, 0.3) is 0 Å². The molecule has 0 aromatic rings. The molecule has 0 aromatic carbocycles. The van der Waals surface area contributed by atoms with Crippen molar-refractivity contribution in [3.8, 4) is 0 Å². The topological polar surface area (TPSA) is 47.3 Å². The molecule has 3 N–H and O–H groups in total. The average Bonchev–Trinajstić information content (AvgIpc) is 1.97. The smallest absolute Gasteiger partial charge is 0.173 e. The van der Waals surface area contributed by atoms with Gasteiger partial charge in [0.05, 0.1) is 6.54 Å². The van der Waals surface area contributed by atoms with Crippen LogP contribution in [0.4, 0.5) is 0 Å². The van der Waals surface area contributed by atoms with Crippen LogP contribution in [0.1, 0.15) is 13.8 Å². The Hall–Kier alpha value is 0.390. The predicted molar refractivity (Wildman–Crippen MR) is 65.2 cm³/mol. The summed E-state index contributed by atoms with van der Waals surface area (Å²) < 4.78 is 5.09. The number of thiocarbonyl (C=S) groups is 1. The van der Waals surface area contributed by atoms with E-state index < -0.39 is 0 Å². The van der Waals surface area contributed by atoms with Gasteiger partial charge in [-0.15, -0.1) is 24.8 Å². The van der Waals surface area contributed by atoms with E-state index in [-0.39, 0.29) is 24.8 Å². The highest BCUT2D eigenvalue weighted by atomic mass is 35.5. The Kier molecular flexibility index (Phi) is 18.1. The maximum atomic E-state index is 5.23. The fourth-order valence-corrected chi connectivity index (χ4v) is 0.678. The maximum Gasteiger partial charge on any atom is 0.173 e. The first-order chi connectivity index (χ1) is 5.16. The Balaban J connectivity index is -0.000000500. The summed E-state index contributed by atoms with van der Waals surface area (Å²) in [5, 5.41) is 3.73. The second-order valence-corrected chi connectivity index (χ2v) is 3.00. The molecule has 0 aromatic heterocycles. The van der Waals surface area contributed by atoms with Gasteiger partial charge in [-0.1, -0.05) is 13.8 Å². The molecule has 0 radical (unpaired) electrons. The molecule has 0 amide bonds. The van der Waals surface area contributed by atoms with Gasteiger partial charge >= 0.3 is 0 Å². The molecule has 6 heteroatoms. The number of halogens is 2. The fraction of sp³-hybridized carbons (Fsp3) is 0.857. The summed E-state index contributed by atoms with van der Waals surface area (Å²) in [6, 6.07) is 0.439. The van der Waals surface area contributed by atoms with Crippen molar-refractivity contribution in [2.24, 2.45) is 5.73 Å². The summed E-state index contributed by atoms with van der Waals surface area (Å²) in [6.07, 6.45) is 0. The Morgan fingerprint density at radius 2 is 2.00 bits per heavy atom. The van der Waals surface area contributed by atoms with Gasteiger partial charge in [-0.25, -0.2) is 0 Å². The summed E-state index contributed by atoms with van der Waals surface area (Å²) in [7, 11) is 0. The molecule has 13 heavy (non-hydrogen) atoms. The van der Waals surface area contributed by atoms with Gasteiger partial charge < -0.3 is 15.8 Å². The van der Waals surface area contributed by atoms with Crippen LogP contribution in [0.15, 0.2) is 0 Å². The van der Waals surface area contributed by atoms with E-state index in [2.05, 4.69) is 19.2 Å². The van der Waals surface area contributed by atoms with Crippen molar-refractivity contribution in [2.45, 2.75) is 19.9 Å². The average molecular weight is 249 g/mol. The summed E-state index contributed by atoms with van der Waals surface area (Å²) in [6.45, 7) is 5.78. The second kappa shape index (κ2) is 12.4. The molecule has 82 valence electrons. The van der Waals surface area contributed by atoms with Crippen molar-refractivity contribution in [1.29, 1.82) is 0 Å². The van der Waals surface area contributed by atoms with Crippen LogP contribution in [0.5, 0.6) is 0 Å². The third kappa shape index (κ3) is 15.2. The third-order valence-electron chi connectivity index (χ3n) is 1.04. The van der Waals surface area contributed by atoms with Gasteiger partial charge in [0.1, 0.15) is 6.61 Å². The molecule has 0 rings (SSSR count). The molecule has 0 unspecified atom stereocenters. The van der Waals surface area contributed by atoms with E-state index in [1.54, 1.807) is 0 Å². The summed E-state index contributed by atoms with van der Waals surface area (Å²) in [4.78, 5) is 0. The van der Waals surface area contributed by atoms with E-state index in [1.165, 1.54) is 0 Å². The van der Waals surface area contributed by atoms with Gasteiger partial charge in [-0.05, 0) is 12.2 Å². The molecule has 0 saturated carbocycles. The zero-order valence-corrected chi connectivity index (χ0v) is 10.4. The zero-order chi connectivity index (χ0) is 8.69. The van der Waals surface area contributed by atoms with Crippen LogP contribution in [0.2, 0.25) is 0 Å². The SMILES string of the molecule is CC(C)NCC(=S)OCCN.Cl.Cl. The molecular weight excluding hydrogens is 231 g/mol. The van der Waals surface area contributed by atoms with E-state index in [1.807, 2.05) is 0 Å². The first-order valence-electron chi connectivity index (χ1n) is 3.76. The Morgan fingerprint density at radius 1 is 1.46 bits per heavy atom. The minimum atomic E-state index is 0. The lowest BCUT2D eigenvalue weighted by Crippen LogP contribution is -2.30. The van der Waals surface area contributed by atoms with Crippen LogP contribution < -0.4 is 11.1 Å². The van der Waals surface area contributed by atoms with Gasteiger partial charge in [0.25, 0.3) is 0 Å². The van der Waals surface area contributed by atoms with Crippen molar-refractivity contribution in [2.75, 3.05) is 19.7 Å². The number of hydrogen-bond acceptors (Lipinski definition) is 4. The van der Waals surface area contributed by atoms with Crippen molar-refractivity contribution in [1.82, 2.24) is 5.32 Å². The predicted octanol–water partition coefficient (Wildman–Crippen LogP) is 1.13. The molecule has 0 spiro atoms. The van der Waals surface area contributed by atoms with Crippen molar-refractivity contribution in [3.63, 3.8) is 0 Å². The number of nitrogens with one attached hydrogen (secondary N) is 1. The summed E-state index contributed by atoms with van der Waals surface area (Å²) in [5.74, 6) is 0. The Morgan fingerprint density at radius 3 is 2.38 bits per heavy atom. The van der Waals surface area contributed by atoms with E-state index in [4.69, 9.17) is 22.7 Å². The lowest BCUT2D eigenvalue weighted by atomic mass is 10.4. The highest BCUT2D eigenvalue weighted by molar-refractivity contribution is 7.80. The standard InChI is InChI=1S/C7H16N2OS.2ClH/c1-6(2)9-5-7(11)10-4-3-8;;/h6,9H,3-5,8H2,1-2H3;2*1H. The van der Waals surface area contributed by atoms with E-state index in [0.717, 1.165) is 0 Å². The fourth-order valence-electron chi connectivity index (χ4n) is 0.511. The van der Waals surface area contributed by atoms with Crippen molar-refractivity contribution < 1.29 is 4.74 Å². The molecule has 0 saturated heterocycles. The first kappa shape index (κ1) is 19.0. The second-order valence-electron chi connectivity index (χ2n) is 2.54. The van der Waals surface area contributed by atoms with Crippen LogP contribution in [-0.2, 0) is 4.74 Å². The molecule has 0 atom stereocenters. The number of rotatable bonds is 5. The minimum Gasteiger partial charge on any atom is -0.484 e. The molecular formula is C7H18Cl2N2OS. The van der Waals surface area contributed by atoms with Gasteiger partial charge in [-0.3, -0.25) is 0 Å².